The molecule has 1 saturated carbocycles. The molecule has 0 atom stereocenters. The first-order valence-corrected chi connectivity index (χ1v) is 5.12. The van der Waals surface area contributed by atoms with Crippen molar-refractivity contribution in [2.45, 2.75) is 52.0 Å². The van der Waals surface area contributed by atoms with Gasteiger partial charge in [-0.1, -0.05) is 33.1 Å². The summed E-state index contributed by atoms with van der Waals surface area (Å²) in [7, 11) is 0. The number of rotatable bonds is 3. The van der Waals surface area contributed by atoms with Crippen molar-refractivity contribution in [1.82, 2.24) is 4.90 Å². The Morgan fingerprint density at radius 2 is 1.50 bits per heavy atom. The van der Waals surface area contributed by atoms with Crippen LogP contribution in [0, 0.1) is 0 Å². The lowest BCUT2D eigenvalue weighted by atomic mass is 9.94. The molecule has 2 heteroatoms. The highest BCUT2D eigenvalue weighted by molar-refractivity contribution is 4.73. The van der Waals surface area contributed by atoms with E-state index in [2.05, 4.69) is 18.7 Å². The second-order valence-corrected chi connectivity index (χ2v) is 3.51. The fraction of sp³-hybridized carbons (Fsp3) is 1.00. The Balaban J connectivity index is 0.00000121. The largest absolute Gasteiger partial charge is 0.301 e. The first kappa shape index (κ1) is 11.9. The molecule has 1 rings (SSSR count). The molecule has 1 fully saturated rings. The highest BCUT2D eigenvalue weighted by Crippen LogP contribution is 2.21. The van der Waals surface area contributed by atoms with Crippen LogP contribution in [0.4, 0.5) is 4.70 Å². The van der Waals surface area contributed by atoms with Crippen molar-refractivity contribution >= 4 is 0 Å². The number of hydrogen-bond acceptors (Lipinski definition) is 1. The summed E-state index contributed by atoms with van der Waals surface area (Å²) in [6, 6.07) is 0.916. The predicted molar refractivity (Wildman–Crippen MR) is 52.3 cm³/mol. The van der Waals surface area contributed by atoms with Gasteiger partial charge in [-0.25, -0.2) is 0 Å². The van der Waals surface area contributed by atoms with E-state index in [0.29, 0.717) is 0 Å². The van der Waals surface area contributed by atoms with Gasteiger partial charge in [0.05, 0.1) is 0 Å². The SMILES string of the molecule is CCN(CC)C1CCCCC1.F. The molecule has 0 N–H and O–H groups in total. The third-order valence-corrected chi connectivity index (χ3v) is 2.90. The molecule has 0 aliphatic heterocycles. The predicted octanol–water partition coefficient (Wildman–Crippen LogP) is 2.81. The standard InChI is InChI=1S/C10H21N.FH/c1-3-11(4-2)10-8-6-5-7-9-10;/h10H,3-9H2,1-2H3;1H. The van der Waals surface area contributed by atoms with Gasteiger partial charge >= 0.3 is 0 Å². The maximum atomic E-state index is 2.61. The lowest BCUT2D eigenvalue weighted by molar-refractivity contribution is 0.172. The monoisotopic (exact) mass is 175 g/mol. The van der Waals surface area contributed by atoms with Crippen molar-refractivity contribution in [3.05, 3.63) is 0 Å². The molecule has 1 aliphatic carbocycles. The van der Waals surface area contributed by atoms with Gasteiger partial charge in [-0.2, -0.15) is 0 Å². The third kappa shape index (κ3) is 3.10. The molecule has 0 aromatic heterocycles. The topological polar surface area (TPSA) is 3.24 Å². The highest BCUT2D eigenvalue weighted by Gasteiger charge is 2.17. The Labute approximate surface area is 75.5 Å². The summed E-state index contributed by atoms with van der Waals surface area (Å²) < 4.78 is 0. The molecule has 1 nitrogen and oxygen atoms in total. The molecule has 1 aliphatic rings. The normalized spacial score (nSPS) is 19.2. The van der Waals surface area contributed by atoms with Crippen LogP contribution in [0.2, 0.25) is 0 Å². The molecule has 0 aromatic rings. The average molecular weight is 175 g/mol. The zero-order chi connectivity index (χ0) is 8.10. The molecule has 0 spiro atoms. The van der Waals surface area contributed by atoms with Crippen LogP contribution >= 0.6 is 0 Å². The van der Waals surface area contributed by atoms with Gasteiger partial charge < -0.3 is 4.90 Å². The number of hydrogen-bond donors (Lipinski definition) is 0. The zero-order valence-corrected chi connectivity index (χ0v) is 8.38. The summed E-state index contributed by atoms with van der Waals surface area (Å²) in [5.74, 6) is 0. The van der Waals surface area contributed by atoms with Crippen molar-refractivity contribution in [2.75, 3.05) is 13.1 Å². The summed E-state index contributed by atoms with van der Waals surface area (Å²) in [6.07, 6.45) is 7.28. The van der Waals surface area contributed by atoms with Crippen LogP contribution < -0.4 is 0 Å². The maximum absolute atomic E-state index is 2.61. The molecule has 0 heterocycles. The first-order valence-electron chi connectivity index (χ1n) is 5.12. The first-order chi connectivity index (χ1) is 5.38. The minimum atomic E-state index is 0. The van der Waals surface area contributed by atoms with Gasteiger partial charge in [-0.05, 0) is 25.9 Å². The Kier molecular flexibility index (Phi) is 6.35. The molecular formula is C10H22FN. The van der Waals surface area contributed by atoms with Crippen molar-refractivity contribution in [3.63, 3.8) is 0 Å². The molecule has 0 aromatic carbocycles. The summed E-state index contributed by atoms with van der Waals surface area (Å²) >= 11 is 0. The zero-order valence-electron chi connectivity index (χ0n) is 8.38. The van der Waals surface area contributed by atoms with E-state index in [9.17, 15) is 0 Å². The van der Waals surface area contributed by atoms with Gasteiger partial charge in [0.1, 0.15) is 0 Å². The van der Waals surface area contributed by atoms with Gasteiger partial charge in [-0.3, -0.25) is 4.70 Å². The smallest absolute Gasteiger partial charge is 0.00950 e. The summed E-state index contributed by atoms with van der Waals surface area (Å²) in [5, 5.41) is 0. The van der Waals surface area contributed by atoms with Crippen LogP contribution in [-0.2, 0) is 0 Å². The Hall–Kier alpha value is -0.110. The molecule has 0 amide bonds. The third-order valence-electron chi connectivity index (χ3n) is 2.90. The molecule has 0 radical (unpaired) electrons. The van der Waals surface area contributed by atoms with Crippen LogP contribution in [0.15, 0.2) is 0 Å². The van der Waals surface area contributed by atoms with E-state index in [4.69, 9.17) is 0 Å². The van der Waals surface area contributed by atoms with Crippen molar-refractivity contribution in [3.8, 4) is 0 Å². The minimum absolute atomic E-state index is 0. The number of nitrogens with zero attached hydrogens (tertiary/aromatic N) is 1. The van der Waals surface area contributed by atoms with Crippen LogP contribution in [0.3, 0.4) is 0 Å². The molecule has 0 unspecified atom stereocenters. The van der Waals surface area contributed by atoms with E-state index in [-0.39, 0.29) is 4.70 Å². The lowest BCUT2D eigenvalue weighted by Gasteiger charge is -2.32. The summed E-state index contributed by atoms with van der Waals surface area (Å²) in [5.41, 5.74) is 0. The molecule has 0 saturated heterocycles. The van der Waals surface area contributed by atoms with Crippen LogP contribution in [0.25, 0.3) is 0 Å². The summed E-state index contributed by atoms with van der Waals surface area (Å²) in [6.45, 7) is 7.03. The van der Waals surface area contributed by atoms with E-state index in [1.165, 1.54) is 45.2 Å². The quantitative estimate of drug-likeness (QED) is 0.637. The maximum Gasteiger partial charge on any atom is 0.00950 e. The van der Waals surface area contributed by atoms with Crippen molar-refractivity contribution in [1.29, 1.82) is 0 Å². The summed E-state index contributed by atoms with van der Waals surface area (Å²) in [4.78, 5) is 2.61. The van der Waals surface area contributed by atoms with E-state index in [1.807, 2.05) is 0 Å². The van der Waals surface area contributed by atoms with Crippen LogP contribution in [-0.4, -0.2) is 24.0 Å². The van der Waals surface area contributed by atoms with Gasteiger partial charge in [0, 0.05) is 6.04 Å². The number of halogens is 1. The van der Waals surface area contributed by atoms with Gasteiger partial charge in [-0.15, -0.1) is 0 Å². The lowest BCUT2D eigenvalue weighted by Crippen LogP contribution is -2.36. The fourth-order valence-electron chi connectivity index (χ4n) is 2.19. The minimum Gasteiger partial charge on any atom is -0.301 e. The van der Waals surface area contributed by atoms with Gasteiger partial charge in [0.25, 0.3) is 0 Å². The Morgan fingerprint density at radius 3 is 1.92 bits per heavy atom. The Morgan fingerprint density at radius 1 is 1.00 bits per heavy atom. The van der Waals surface area contributed by atoms with Crippen LogP contribution in [0.5, 0.6) is 0 Å². The van der Waals surface area contributed by atoms with E-state index in [1.54, 1.807) is 0 Å². The molecular weight excluding hydrogens is 153 g/mol. The van der Waals surface area contributed by atoms with Gasteiger partial charge in [0.2, 0.25) is 0 Å². The van der Waals surface area contributed by atoms with Gasteiger partial charge in [0.15, 0.2) is 0 Å². The Bertz CT molecular complexity index is 96.0. The second-order valence-electron chi connectivity index (χ2n) is 3.51. The molecule has 74 valence electrons. The molecule has 0 bridgehead atoms. The van der Waals surface area contributed by atoms with E-state index >= 15 is 0 Å². The molecule has 12 heavy (non-hydrogen) atoms. The van der Waals surface area contributed by atoms with Crippen molar-refractivity contribution < 1.29 is 4.70 Å². The average Bonchev–Trinajstić information content (AvgIpc) is 2.09. The second kappa shape index (κ2) is 6.41. The van der Waals surface area contributed by atoms with Crippen molar-refractivity contribution in [2.24, 2.45) is 0 Å². The van der Waals surface area contributed by atoms with Crippen LogP contribution in [0.1, 0.15) is 46.0 Å². The fourth-order valence-corrected chi connectivity index (χ4v) is 2.19. The highest BCUT2D eigenvalue weighted by atomic mass is 19.0. The van der Waals surface area contributed by atoms with E-state index in [0.717, 1.165) is 6.04 Å². The van der Waals surface area contributed by atoms with E-state index < -0.39 is 0 Å².